The molecule has 2 amide bonds. The molecule has 92 valence electrons. The van der Waals surface area contributed by atoms with Crippen LogP contribution >= 0.6 is 0 Å². The number of carbonyl (C=O) groups excluding carboxylic acids is 1. The van der Waals surface area contributed by atoms with E-state index in [0.29, 0.717) is 6.04 Å². The van der Waals surface area contributed by atoms with Crippen LogP contribution < -0.4 is 16.4 Å². The van der Waals surface area contributed by atoms with Crippen molar-refractivity contribution in [1.82, 2.24) is 5.32 Å². The Bertz CT molecular complexity index is 386. The van der Waals surface area contributed by atoms with E-state index < -0.39 is 6.03 Å². The molecule has 0 spiro atoms. The van der Waals surface area contributed by atoms with Gasteiger partial charge in [-0.1, -0.05) is 18.6 Å². The Kier molecular flexibility index (Phi) is 3.98. The van der Waals surface area contributed by atoms with Gasteiger partial charge in [0.2, 0.25) is 0 Å². The van der Waals surface area contributed by atoms with Crippen molar-refractivity contribution in [3.8, 4) is 0 Å². The molecule has 1 unspecified atom stereocenters. The zero-order valence-electron chi connectivity index (χ0n) is 9.91. The Morgan fingerprint density at radius 1 is 1.47 bits per heavy atom. The van der Waals surface area contributed by atoms with Crippen LogP contribution in [0.3, 0.4) is 0 Å². The first kappa shape index (κ1) is 11.9. The molecule has 1 aromatic rings. The van der Waals surface area contributed by atoms with Crippen LogP contribution in [0.2, 0.25) is 0 Å². The topological polar surface area (TPSA) is 67.2 Å². The minimum absolute atomic E-state index is 0.516. The Labute approximate surface area is 102 Å². The highest BCUT2D eigenvalue weighted by molar-refractivity contribution is 5.87. The summed E-state index contributed by atoms with van der Waals surface area (Å²) in [4.78, 5) is 10.8. The van der Waals surface area contributed by atoms with Crippen LogP contribution in [0.1, 0.15) is 24.8 Å². The summed E-state index contributed by atoms with van der Waals surface area (Å²) in [5.41, 5.74) is 7.10. The molecule has 4 heteroatoms. The van der Waals surface area contributed by atoms with Crippen molar-refractivity contribution in [2.24, 2.45) is 5.73 Å². The fourth-order valence-electron chi connectivity index (χ4n) is 2.30. The number of rotatable bonds is 3. The number of hydrogen-bond acceptors (Lipinski definition) is 2. The van der Waals surface area contributed by atoms with E-state index in [0.717, 1.165) is 18.7 Å². The van der Waals surface area contributed by atoms with Crippen molar-refractivity contribution < 1.29 is 4.79 Å². The van der Waals surface area contributed by atoms with Crippen LogP contribution in [-0.2, 0) is 6.42 Å². The highest BCUT2D eigenvalue weighted by atomic mass is 16.2. The maximum atomic E-state index is 10.8. The first-order valence-electron chi connectivity index (χ1n) is 6.13. The van der Waals surface area contributed by atoms with Gasteiger partial charge in [-0.3, -0.25) is 0 Å². The third-order valence-corrected chi connectivity index (χ3v) is 3.09. The lowest BCUT2D eigenvalue weighted by molar-refractivity contribution is 0.259. The number of benzene rings is 1. The number of primary amides is 1. The van der Waals surface area contributed by atoms with Gasteiger partial charge in [-0.2, -0.15) is 0 Å². The highest BCUT2D eigenvalue weighted by Gasteiger charge is 2.12. The van der Waals surface area contributed by atoms with E-state index in [9.17, 15) is 4.79 Å². The molecule has 0 bridgehead atoms. The molecular formula is C13H19N3O. The van der Waals surface area contributed by atoms with Crippen molar-refractivity contribution in [2.45, 2.75) is 31.7 Å². The number of urea groups is 1. The zero-order chi connectivity index (χ0) is 12.1. The van der Waals surface area contributed by atoms with Gasteiger partial charge in [-0.15, -0.1) is 0 Å². The summed E-state index contributed by atoms with van der Waals surface area (Å²) in [5, 5.41) is 6.12. The van der Waals surface area contributed by atoms with Crippen LogP contribution in [0.5, 0.6) is 0 Å². The number of nitrogens with one attached hydrogen (secondary N) is 2. The zero-order valence-corrected chi connectivity index (χ0v) is 9.91. The molecule has 1 aliphatic rings. The molecule has 1 atom stereocenters. The molecular weight excluding hydrogens is 214 g/mol. The molecule has 4 N–H and O–H groups in total. The Morgan fingerprint density at radius 2 is 2.35 bits per heavy atom. The summed E-state index contributed by atoms with van der Waals surface area (Å²) < 4.78 is 0. The van der Waals surface area contributed by atoms with Gasteiger partial charge in [-0.25, -0.2) is 4.79 Å². The molecule has 4 nitrogen and oxygen atoms in total. The molecule has 0 radical (unpaired) electrons. The lowest BCUT2D eigenvalue weighted by Crippen LogP contribution is -2.35. The first-order chi connectivity index (χ1) is 8.24. The smallest absolute Gasteiger partial charge is 0.316 e. The van der Waals surface area contributed by atoms with E-state index in [1.807, 2.05) is 18.2 Å². The minimum atomic E-state index is -0.516. The lowest BCUT2D eigenvalue weighted by Gasteiger charge is -2.23. The maximum Gasteiger partial charge on any atom is 0.316 e. The number of nitrogens with two attached hydrogens (primary N) is 1. The Hall–Kier alpha value is -1.55. The fourth-order valence-corrected chi connectivity index (χ4v) is 2.30. The Balaban J connectivity index is 1.97. The van der Waals surface area contributed by atoms with Gasteiger partial charge in [0.25, 0.3) is 0 Å². The van der Waals surface area contributed by atoms with Gasteiger partial charge in [0.15, 0.2) is 0 Å². The number of amides is 2. The largest absolute Gasteiger partial charge is 0.351 e. The standard InChI is InChI=1S/C13H19N3O/c14-13(17)16-12-6-3-4-10(9-12)8-11-5-1-2-7-15-11/h3-4,6,9,11,15H,1-2,5,7-8H2,(H3,14,16,17). The monoisotopic (exact) mass is 233 g/mol. The predicted octanol–water partition coefficient (Wildman–Crippen LogP) is 1.86. The minimum Gasteiger partial charge on any atom is -0.351 e. The summed E-state index contributed by atoms with van der Waals surface area (Å²) in [6.45, 7) is 1.11. The van der Waals surface area contributed by atoms with Crippen molar-refractivity contribution in [3.05, 3.63) is 29.8 Å². The Morgan fingerprint density at radius 3 is 3.06 bits per heavy atom. The SMILES string of the molecule is NC(=O)Nc1cccc(CC2CCCCN2)c1. The number of anilines is 1. The maximum absolute atomic E-state index is 10.8. The molecule has 1 fully saturated rings. The van der Waals surface area contributed by atoms with Crippen LogP contribution in [-0.4, -0.2) is 18.6 Å². The molecule has 0 saturated carbocycles. The second kappa shape index (κ2) is 5.68. The predicted molar refractivity (Wildman–Crippen MR) is 69.0 cm³/mol. The molecule has 17 heavy (non-hydrogen) atoms. The van der Waals surface area contributed by atoms with Gasteiger partial charge in [0.05, 0.1) is 0 Å². The quantitative estimate of drug-likeness (QED) is 0.746. The molecule has 1 saturated heterocycles. The molecule has 1 aliphatic heterocycles. The summed E-state index contributed by atoms with van der Waals surface area (Å²) in [5.74, 6) is 0. The molecule has 1 heterocycles. The van der Waals surface area contributed by atoms with Crippen molar-refractivity contribution in [3.63, 3.8) is 0 Å². The average Bonchev–Trinajstić information content (AvgIpc) is 2.30. The summed E-state index contributed by atoms with van der Waals surface area (Å²) in [6.07, 6.45) is 4.82. The second-order valence-electron chi connectivity index (χ2n) is 4.54. The van der Waals surface area contributed by atoms with E-state index in [1.165, 1.54) is 24.8 Å². The summed E-state index contributed by atoms with van der Waals surface area (Å²) in [6, 6.07) is 7.92. The van der Waals surface area contributed by atoms with Gasteiger partial charge < -0.3 is 16.4 Å². The van der Waals surface area contributed by atoms with Crippen molar-refractivity contribution >= 4 is 11.7 Å². The summed E-state index contributed by atoms with van der Waals surface area (Å²) in [7, 11) is 0. The number of carbonyl (C=O) groups is 1. The fraction of sp³-hybridized carbons (Fsp3) is 0.462. The van der Waals surface area contributed by atoms with E-state index in [1.54, 1.807) is 0 Å². The van der Waals surface area contributed by atoms with Gasteiger partial charge in [-0.05, 0) is 43.5 Å². The molecule has 1 aromatic carbocycles. The van der Waals surface area contributed by atoms with Gasteiger partial charge in [0, 0.05) is 11.7 Å². The molecule has 0 aromatic heterocycles. The first-order valence-corrected chi connectivity index (χ1v) is 6.13. The lowest BCUT2D eigenvalue weighted by atomic mass is 9.97. The van der Waals surface area contributed by atoms with Crippen LogP contribution in [0, 0.1) is 0 Å². The van der Waals surface area contributed by atoms with Gasteiger partial charge in [0.1, 0.15) is 0 Å². The van der Waals surface area contributed by atoms with E-state index >= 15 is 0 Å². The van der Waals surface area contributed by atoms with E-state index in [-0.39, 0.29) is 0 Å². The number of hydrogen-bond donors (Lipinski definition) is 3. The normalized spacial score (nSPS) is 19.9. The molecule has 2 rings (SSSR count). The van der Waals surface area contributed by atoms with E-state index in [2.05, 4.69) is 16.7 Å². The highest BCUT2D eigenvalue weighted by Crippen LogP contribution is 2.16. The second-order valence-corrected chi connectivity index (χ2v) is 4.54. The van der Waals surface area contributed by atoms with E-state index in [4.69, 9.17) is 5.73 Å². The third-order valence-electron chi connectivity index (χ3n) is 3.09. The number of piperidine rings is 1. The van der Waals surface area contributed by atoms with Gasteiger partial charge >= 0.3 is 6.03 Å². The third kappa shape index (κ3) is 3.75. The summed E-state index contributed by atoms with van der Waals surface area (Å²) >= 11 is 0. The van der Waals surface area contributed by atoms with Crippen LogP contribution in [0.25, 0.3) is 0 Å². The van der Waals surface area contributed by atoms with Crippen LogP contribution in [0.4, 0.5) is 10.5 Å². The van der Waals surface area contributed by atoms with Crippen LogP contribution in [0.15, 0.2) is 24.3 Å². The van der Waals surface area contributed by atoms with Crippen molar-refractivity contribution in [2.75, 3.05) is 11.9 Å². The molecule has 0 aliphatic carbocycles. The average molecular weight is 233 g/mol. The van der Waals surface area contributed by atoms with Crippen molar-refractivity contribution in [1.29, 1.82) is 0 Å².